The van der Waals surface area contributed by atoms with Crippen LogP contribution < -0.4 is 0 Å². The van der Waals surface area contributed by atoms with Crippen molar-refractivity contribution in [1.82, 2.24) is 14.5 Å². The number of aromatic nitrogens is 2. The summed E-state index contributed by atoms with van der Waals surface area (Å²) in [6.07, 6.45) is 8.02. The number of hydrogen-bond donors (Lipinski definition) is 1. The Hall–Kier alpha value is -0.870. The van der Waals surface area contributed by atoms with E-state index in [4.69, 9.17) is 0 Å². The maximum Gasteiger partial charge on any atom is 0.110 e. The van der Waals surface area contributed by atoms with Gasteiger partial charge < -0.3 is 14.6 Å². The Kier molecular flexibility index (Phi) is 3.66. The monoisotopic (exact) mass is 249 g/mol. The van der Waals surface area contributed by atoms with Crippen molar-refractivity contribution < 1.29 is 5.11 Å². The Morgan fingerprint density at radius 2 is 2.06 bits per heavy atom. The molecule has 2 aliphatic rings. The summed E-state index contributed by atoms with van der Waals surface area (Å²) >= 11 is 0. The molecule has 4 heteroatoms. The van der Waals surface area contributed by atoms with Crippen molar-refractivity contribution in [3.63, 3.8) is 0 Å². The van der Waals surface area contributed by atoms with Crippen LogP contribution in [0.5, 0.6) is 0 Å². The molecule has 1 unspecified atom stereocenters. The first-order valence-corrected chi connectivity index (χ1v) is 7.26. The van der Waals surface area contributed by atoms with Gasteiger partial charge in [0, 0.05) is 37.3 Å². The minimum atomic E-state index is 0.261. The Bertz CT molecular complexity index is 396. The first-order valence-electron chi connectivity index (χ1n) is 7.26. The Balaban J connectivity index is 1.67. The summed E-state index contributed by atoms with van der Waals surface area (Å²) in [5.41, 5.74) is 1.25. The molecule has 1 N–H and O–H groups in total. The highest BCUT2D eigenvalue weighted by molar-refractivity contribution is 5.14. The van der Waals surface area contributed by atoms with E-state index >= 15 is 0 Å². The Morgan fingerprint density at radius 3 is 2.83 bits per heavy atom. The fourth-order valence-corrected chi connectivity index (χ4v) is 3.31. The normalized spacial score (nSPS) is 24.4. The minimum Gasteiger partial charge on any atom is -0.396 e. The molecule has 18 heavy (non-hydrogen) atoms. The van der Waals surface area contributed by atoms with E-state index in [9.17, 15) is 5.11 Å². The van der Waals surface area contributed by atoms with Crippen molar-refractivity contribution in [3.05, 3.63) is 17.7 Å². The van der Waals surface area contributed by atoms with Gasteiger partial charge in [-0.15, -0.1) is 0 Å². The highest BCUT2D eigenvalue weighted by Crippen LogP contribution is 2.27. The lowest BCUT2D eigenvalue weighted by molar-refractivity contribution is 0.240. The van der Waals surface area contributed by atoms with E-state index in [1.807, 2.05) is 6.20 Å². The molecule has 4 nitrogen and oxygen atoms in total. The molecule has 100 valence electrons. The third kappa shape index (κ3) is 2.31. The summed E-state index contributed by atoms with van der Waals surface area (Å²) in [6.45, 7) is 5.00. The molecule has 0 spiro atoms. The van der Waals surface area contributed by atoms with Gasteiger partial charge in [0.15, 0.2) is 0 Å². The topological polar surface area (TPSA) is 41.3 Å². The van der Waals surface area contributed by atoms with Crippen LogP contribution in [0.4, 0.5) is 0 Å². The summed E-state index contributed by atoms with van der Waals surface area (Å²) in [4.78, 5) is 7.12. The molecule has 0 saturated carbocycles. The van der Waals surface area contributed by atoms with E-state index in [1.54, 1.807) is 0 Å². The van der Waals surface area contributed by atoms with Crippen molar-refractivity contribution in [2.24, 2.45) is 0 Å². The molecule has 0 amide bonds. The second kappa shape index (κ2) is 5.41. The van der Waals surface area contributed by atoms with Crippen molar-refractivity contribution in [3.8, 4) is 0 Å². The van der Waals surface area contributed by atoms with Crippen LogP contribution in [0.15, 0.2) is 6.20 Å². The standard InChI is InChI=1S/C14H23N3O/c18-11-12-4-3-8-17-13(12)10-15-14(17)5-9-16-6-1-2-7-16/h10,12,18H,1-9,11H2. The molecule has 1 saturated heterocycles. The average molecular weight is 249 g/mol. The van der Waals surface area contributed by atoms with Gasteiger partial charge in [-0.05, 0) is 38.8 Å². The lowest BCUT2D eigenvalue weighted by Gasteiger charge is -2.24. The maximum absolute atomic E-state index is 9.40. The van der Waals surface area contributed by atoms with Crippen LogP contribution >= 0.6 is 0 Å². The number of likely N-dealkylation sites (tertiary alicyclic amines) is 1. The summed E-state index contributed by atoms with van der Waals surface area (Å²) < 4.78 is 2.35. The molecule has 0 aliphatic carbocycles. The molecule has 3 heterocycles. The zero-order valence-corrected chi connectivity index (χ0v) is 11.0. The van der Waals surface area contributed by atoms with E-state index in [0.717, 1.165) is 25.9 Å². The molecule has 2 aliphatic heterocycles. The van der Waals surface area contributed by atoms with E-state index in [0.29, 0.717) is 5.92 Å². The molecular formula is C14H23N3O. The second-order valence-corrected chi connectivity index (χ2v) is 5.57. The minimum absolute atomic E-state index is 0.261. The fourth-order valence-electron chi connectivity index (χ4n) is 3.31. The van der Waals surface area contributed by atoms with Crippen LogP contribution in [0.2, 0.25) is 0 Å². The molecule has 1 atom stereocenters. The number of fused-ring (bicyclic) bond motifs is 1. The van der Waals surface area contributed by atoms with Crippen LogP contribution in [-0.4, -0.2) is 45.8 Å². The highest BCUT2D eigenvalue weighted by atomic mass is 16.3. The number of hydrogen-bond acceptors (Lipinski definition) is 3. The summed E-state index contributed by atoms with van der Waals surface area (Å²) in [5.74, 6) is 1.53. The van der Waals surface area contributed by atoms with Gasteiger partial charge in [0.25, 0.3) is 0 Å². The van der Waals surface area contributed by atoms with Gasteiger partial charge >= 0.3 is 0 Å². The van der Waals surface area contributed by atoms with Crippen molar-refractivity contribution >= 4 is 0 Å². The molecule has 0 aromatic carbocycles. The number of aliphatic hydroxyl groups is 1. The first kappa shape index (κ1) is 12.2. The van der Waals surface area contributed by atoms with Crippen LogP contribution in [0.3, 0.4) is 0 Å². The van der Waals surface area contributed by atoms with Gasteiger partial charge in [-0.25, -0.2) is 4.98 Å². The Labute approximate surface area is 109 Å². The Morgan fingerprint density at radius 1 is 1.22 bits per heavy atom. The third-order valence-corrected chi connectivity index (χ3v) is 4.39. The summed E-state index contributed by atoms with van der Waals surface area (Å²) in [6, 6.07) is 0. The van der Waals surface area contributed by atoms with Crippen LogP contribution in [0.25, 0.3) is 0 Å². The molecule has 1 aromatic heterocycles. The number of rotatable bonds is 4. The molecule has 0 bridgehead atoms. The molecule has 1 aromatic rings. The van der Waals surface area contributed by atoms with Gasteiger partial charge in [-0.1, -0.05) is 0 Å². The highest BCUT2D eigenvalue weighted by Gasteiger charge is 2.23. The lowest BCUT2D eigenvalue weighted by atomic mass is 9.97. The van der Waals surface area contributed by atoms with E-state index in [2.05, 4.69) is 14.5 Å². The third-order valence-electron chi connectivity index (χ3n) is 4.39. The van der Waals surface area contributed by atoms with Gasteiger partial charge in [0.05, 0.1) is 6.61 Å². The maximum atomic E-state index is 9.40. The van der Waals surface area contributed by atoms with Gasteiger partial charge in [-0.2, -0.15) is 0 Å². The number of imidazole rings is 1. The predicted octanol–water partition coefficient (Wildman–Crippen LogP) is 1.39. The van der Waals surface area contributed by atoms with Crippen molar-refractivity contribution in [2.75, 3.05) is 26.2 Å². The van der Waals surface area contributed by atoms with E-state index < -0.39 is 0 Å². The summed E-state index contributed by atoms with van der Waals surface area (Å²) in [7, 11) is 0. The van der Waals surface area contributed by atoms with Gasteiger partial charge in [0.2, 0.25) is 0 Å². The van der Waals surface area contributed by atoms with Crippen LogP contribution in [0.1, 0.15) is 43.1 Å². The molecule has 0 radical (unpaired) electrons. The molecule has 1 fully saturated rings. The quantitative estimate of drug-likeness (QED) is 0.877. The van der Waals surface area contributed by atoms with Gasteiger partial charge in [0.1, 0.15) is 5.82 Å². The van der Waals surface area contributed by atoms with E-state index in [-0.39, 0.29) is 6.61 Å². The number of nitrogens with zero attached hydrogens (tertiary/aromatic N) is 3. The largest absolute Gasteiger partial charge is 0.396 e. The van der Waals surface area contributed by atoms with Crippen molar-refractivity contribution in [1.29, 1.82) is 0 Å². The van der Waals surface area contributed by atoms with E-state index in [1.165, 1.54) is 43.9 Å². The van der Waals surface area contributed by atoms with Crippen LogP contribution in [0, 0.1) is 0 Å². The smallest absolute Gasteiger partial charge is 0.110 e. The lowest BCUT2D eigenvalue weighted by Crippen LogP contribution is -2.24. The summed E-state index contributed by atoms with van der Waals surface area (Å²) in [5, 5.41) is 9.40. The zero-order valence-electron chi connectivity index (χ0n) is 11.0. The SMILES string of the molecule is OCC1CCCn2c1cnc2CCN1CCCC1. The zero-order chi connectivity index (χ0) is 12.4. The molecule has 3 rings (SSSR count). The fraction of sp³-hybridized carbons (Fsp3) is 0.786. The predicted molar refractivity (Wildman–Crippen MR) is 70.7 cm³/mol. The molecular weight excluding hydrogens is 226 g/mol. The average Bonchev–Trinajstić information content (AvgIpc) is 3.05. The first-order chi connectivity index (χ1) is 8.88. The van der Waals surface area contributed by atoms with Gasteiger partial charge in [-0.3, -0.25) is 0 Å². The number of aliphatic hydroxyl groups excluding tert-OH is 1. The second-order valence-electron chi connectivity index (χ2n) is 5.57. The van der Waals surface area contributed by atoms with Crippen molar-refractivity contribution in [2.45, 2.75) is 44.6 Å². The van der Waals surface area contributed by atoms with Crippen LogP contribution in [-0.2, 0) is 13.0 Å².